The molecule has 2 aromatic heterocycles. The van der Waals surface area contributed by atoms with Crippen LogP contribution in [0.3, 0.4) is 0 Å². The second-order valence-electron chi connectivity index (χ2n) is 13.0. The smallest absolute Gasteiger partial charge is 0.240 e. The van der Waals surface area contributed by atoms with Crippen molar-refractivity contribution in [2.75, 3.05) is 40.1 Å². The molecule has 0 amide bonds. The van der Waals surface area contributed by atoms with Gasteiger partial charge in [-0.1, -0.05) is 41.0 Å². The Morgan fingerprint density at radius 1 is 0.926 bits per heavy atom. The number of nitrogens with zero attached hydrogens (tertiary/aromatic N) is 5. The van der Waals surface area contributed by atoms with Crippen molar-refractivity contribution in [2.45, 2.75) is 57.9 Å². The van der Waals surface area contributed by atoms with Gasteiger partial charge in [0.1, 0.15) is 29.2 Å². The molecule has 0 saturated heterocycles. The molecule has 15 heteroatoms. The van der Waals surface area contributed by atoms with E-state index in [2.05, 4.69) is 20.1 Å². The number of aryl methyl sites for hydroxylation is 4. The van der Waals surface area contributed by atoms with E-state index in [4.69, 9.17) is 35.3 Å². The second-order valence-corrected chi connectivity index (χ2v) is 15.1. The monoisotopic (exact) mass is 774 g/mol. The number of sulfonamides is 1. The first-order valence-electron chi connectivity index (χ1n) is 17.6. The maximum atomic E-state index is 13.3. The van der Waals surface area contributed by atoms with E-state index in [0.717, 1.165) is 27.9 Å². The fourth-order valence-electron chi connectivity index (χ4n) is 6.45. The first-order chi connectivity index (χ1) is 26.0. The molecular weight excluding hydrogens is 732 g/mol. The van der Waals surface area contributed by atoms with Crippen LogP contribution in [-0.2, 0) is 24.3 Å². The Morgan fingerprint density at radius 3 is 2.39 bits per heavy atom. The third-order valence-corrected chi connectivity index (χ3v) is 11.0. The molecule has 3 aromatic carbocycles. The van der Waals surface area contributed by atoms with Gasteiger partial charge in [-0.15, -0.1) is 10.2 Å². The van der Waals surface area contributed by atoms with Crippen LogP contribution < -0.4 is 9.46 Å². The van der Waals surface area contributed by atoms with E-state index in [0.29, 0.717) is 71.2 Å². The molecule has 0 spiro atoms. The van der Waals surface area contributed by atoms with Gasteiger partial charge in [0, 0.05) is 47.7 Å². The Bertz CT molecular complexity index is 2250. The summed E-state index contributed by atoms with van der Waals surface area (Å²) in [6, 6.07) is 17.9. The van der Waals surface area contributed by atoms with E-state index < -0.39 is 16.1 Å². The number of fused-ring (bicyclic) bond motifs is 3. The van der Waals surface area contributed by atoms with Gasteiger partial charge in [-0.05, 0) is 81.6 Å². The number of aromatic nitrogens is 4. The Hall–Kier alpha value is -4.73. The van der Waals surface area contributed by atoms with Gasteiger partial charge in [-0.3, -0.25) is 14.4 Å². The summed E-state index contributed by atoms with van der Waals surface area (Å²) < 4.78 is 52.8. The Balaban J connectivity index is 0.972. The van der Waals surface area contributed by atoms with E-state index in [1.165, 1.54) is 0 Å². The lowest BCUT2D eigenvalue weighted by atomic mass is 9.99. The van der Waals surface area contributed by atoms with Gasteiger partial charge in [0.05, 0.1) is 48.9 Å². The van der Waals surface area contributed by atoms with Gasteiger partial charge in [0.25, 0.3) is 0 Å². The number of Topliss-reactive ketones (excluding diaryl/α,β-unsaturated/α-hetero) is 1. The highest BCUT2D eigenvalue weighted by atomic mass is 35.5. The number of ether oxygens (including phenoxy) is 3. The number of hydrogen-bond acceptors (Lipinski definition) is 11. The molecule has 5 aromatic rings. The molecule has 1 N–H and O–H groups in total. The van der Waals surface area contributed by atoms with Crippen molar-refractivity contribution in [3.63, 3.8) is 0 Å². The average Bonchev–Trinajstić information content (AvgIpc) is 3.67. The molecule has 6 rings (SSSR count). The molecule has 0 radical (unpaired) electrons. The fraction of sp³-hybridized carbons (Fsp3) is 0.359. The Labute approximate surface area is 319 Å². The summed E-state index contributed by atoms with van der Waals surface area (Å²) in [6.07, 6.45) is 0.966. The van der Waals surface area contributed by atoms with E-state index in [9.17, 15) is 13.2 Å². The van der Waals surface area contributed by atoms with Crippen molar-refractivity contribution in [1.29, 1.82) is 0 Å². The summed E-state index contributed by atoms with van der Waals surface area (Å²) in [6.45, 7) is 8.46. The lowest BCUT2D eigenvalue weighted by Gasteiger charge is -2.14. The summed E-state index contributed by atoms with van der Waals surface area (Å²) in [4.78, 5) is 18.6. The summed E-state index contributed by atoms with van der Waals surface area (Å²) in [7, 11) is -2.16. The van der Waals surface area contributed by atoms with Crippen molar-refractivity contribution in [3.05, 3.63) is 105 Å². The van der Waals surface area contributed by atoms with E-state index >= 15 is 0 Å². The molecule has 3 heterocycles. The van der Waals surface area contributed by atoms with Gasteiger partial charge < -0.3 is 18.7 Å². The predicted molar refractivity (Wildman–Crippen MR) is 204 cm³/mol. The third kappa shape index (κ3) is 8.79. The highest BCUT2D eigenvalue weighted by Crippen LogP contribution is 2.35. The van der Waals surface area contributed by atoms with Crippen LogP contribution in [0.15, 0.2) is 75.1 Å². The number of aliphatic imine (C=N–C) groups is 1. The van der Waals surface area contributed by atoms with Gasteiger partial charge in [-0.25, -0.2) is 13.1 Å². The molecule has 1 aliphatic rings. The molecule has 0 bridgehead atoms. The van der Waals surface area contributed by atoms with Crippen molar-refractivity contribution >= 4 is 33.1 Å². The summed E-state index contributed by atoms with van der Waals surface area (Å²) >= 11 is 6.20. The Kier molecular flexibility index (Phi) is 12.4. The number of carbonyl (C=O) groups excluding carboxylic acids is 1. The normalized spacial score (nSPS) is 14.0. The molecule has 0 aliphatic carbocycles. The van der Waals surface area contributed by atoms with Gasteiger partial charge in [0.15, 0.2) is 5.82 Å². The third-order valence-electron chi connectivity index (χ3n) is 9.13. The molecule has 0 saturated carbocycles. The average molecular weight is 775 g/mol. The second kappa shape index (κ2) is 17.2. The van der Waals surface area contributed by atoms with Crippen LogP contribution in [0.25, 0.3) is 16.8 Å². The number of methoxy groups -OCH3 is 1. The van der Waals surface area contributed by atoms with Crippen LogP contribution >= 0.6 is 11.6 Å². The van der Waals surface area contributed by atoms with Gasteiger partial charge in [-0.2, -0.15) is 0 Å². The lowest BCUT2D eigenvalue weighted by molar-refractivity contribution is -0.119. The fourth-order valence-corrected chi connectivity index (χ4v) is 7.86. The number of carbonyl (C=O) groups is 1. The molecule has 0 unspecified atom stereocenters. The largest absolute Gasteiger partial charge is 0.497 e. The van der Waals surface area contributed by atoms with Crippen molar-refractivity contribution in [1.82, 2.24) is 24.6 Å². The van der Waals surface area contributed by atoms with Crippen molar-refractivity contribution in [2.24, 2.45) is 4.99 Å². The minimum atomic E-state index is -3.78. The topological polar surface area (TPSA) is 160 Å². The molecule has 1 aliphatic heterocycles. The number of ketones is 1. The molecule has 284 valence electrons. The summed E-state index contributed by atoms with van der Waals surface area (Å²) in [5.74, 6) is 2.60. The summed E-state index contributed by atoms with van der Waals surface area (Å²) in [5.41, 5.74) is 6.06. The first kappa shape index (κ1) is 39.0. The standard InChI is InChI=1S/C39H43ClN6O7S/c1-24-8-9-29(37-25(2)45-53-26(37)3)21-36(24)54(48,49)41-16-18-52-20-19-51-17-6-7-31(47)22-34-39-44-43-27(4)46(39)35-15-14-32(50-5)23-33(35)38(42-34)28-10-12-30(40)13-11-28/h8-15,21,23,34,41H,6-7,16-20,22H2,1-5H3/t34-/m0/s1. The highest BCUT2D eigenvalue weighted by Gasteiger charge is 2.30. The van der Waals surface area contributed by atoms with Gasteiger partial charge >= 0.3 is 0 Å². The maximum Gasteiger partial charge on any atom is 0.240 e. The van der Waals surface area contributed by atoms with Crippen LogP contribution in [0.4, 0.5) is 0 Å². The Morgan fingerprint density at radius 2 is 1.67 bits per heavy atom. The number of hydrogen-bond donors (Lipinski definition) is 1. The molecule has 1 atom stereocenters. The number of benzene rings is 3. The van der Waals surface area contributed by atoms with Crippen LogP contribution in [0.2, 0.25) is 5.02 Å². The highest BCUT2D eigenvalue weighted by molar-refractivity contribution is 7.89. The minimum absolute atomic E-state index is 0.0227. The molecular formula is C39H43ClN6O7S. The molecule has 54 heavy (non-hydrogen) atoms. The number of rotatable bonds is 17. The lowest BCUT2D eigenvalue weighted by Crippen LogP contribution is -2.28. The van der Waals surface area contributed by atoms with E-state index in [-0.39, 0.29) is 36.9 Å². The zero-order chi connectivity index (χ0) is 38.4. The minimum Gasteiger partial charge on any atom is -0.497 e. The molecule has 13 nitrogen and oxygen atoms in total. The molecule has 0 fully saturated rings. The van der Waals surface area contributed by atoms with Gasteiger partial charge in [0.2, 0.25) is 10.0 Å². The van der Waals surface area contributed by atoms with E-state index in [1.54, 1.807) is 33.1 Å². The first-order valence-corrected chi connectivity index (χ1v) is 19.5. The zero-order valence-electron chi connectivity index (χ0n) is 30.9. The van der Waals surface area contributed by atoms with Crippen molar-refractivity contribution < 1.29 is 31.9 Å². The van der Waals surface area contributed by atoms with Crippen LogP contribution in [0.5, 0.6) is 5.75 Å². The number of halogens is 1. The van der Waals surface area contributed by atoms with Crippen LogP contribution in [-0.4, -0.2) is 79.9 Å². The quantitative estimate of drug-likeness (QED) is 0.104. The zero-order valence-corrected chi connectivity index (χ0v) is 32.5. The van der Waals surface area contributed by atoms with Crippen LogP contribution in [0, 0.1) is 27.7 Å². The predicted octanol–water partition coefficient (Wildman–Crippen LogP) is 6.46. The SMILES string of the molecule is COc1ccc2c(c1)C(c1ccc(Cl)cc1)=N[C@@H](CC(=O)CCCOCCOCCNS(=O)(=O)c1cc(-c3c(C)noc3C)ccc1C)c1nnc(C)n1-2. The summed E-state index contributed by atoms with van der Waals surface area (Å²) in [5, 5.41) is 13.4. The van der Waals surface area contributed by atoms with E-state index in [1.807, 2.05) is 66.9 Å². The maximum absolute atomic E-state index is 13.3. The number of nitrogens with one attached hydrogen (secondary N) is 1. The van der Waals surface area contributed by atoms with Crippen LogP contribution in [0.1, 0.15) is 65.1 Å². The van der Waals surface area contributed by atoms with Crippen molar-refractivity contribution in [3.8, 4) is 22.6 Å².